The van der Waals surface area contributed by atoms with Crippen LogP contribution in [-0.2, 0) is 22.7 Å². The summed E-state index contributed by atoms with van der Waals surface area (Å²) in [5.74, 6) is 0. The van der Waals surface area contributed by atoms with Gasteiger partial charge in [0.1, 0.15) is 24.4 Å². The second kappa shape index (κ2) is 11.4. The first-order chi connectivity index (χ1) is 11.5. The Hall–Kier alpha value is -1.17. The van der Waals surface area contributed by atoms with Crippen LogP contribution in [0.1, 0.15) is 11.1 Å². The van der Waals surface area contributed by atoms with E-state index in [2.05, 4.69) is 4.98 Å². The van der Waals surface area contributed by atoms with E-state index in [1.165, 1.54) is 0 Å². The second-order valence-corrected chi connectivity index (χ2v) is 5.37. The van der Waals surface area contributed by atoms with E-state index in [-0.39, 0.29) is 26.4 Å². The van der Waals surface area contributed by atoms with Gasteiger partial charge in [-0.05, 0) is 17.2 Å². The van der Waals surface area contributed by atoms with Crippen molar-refractivity contribution in [3.8, 4) is 0 Å². The largest absolute Gasteiger partial charge is 0.394 e. The van der Waals surface area contributed by atoms with Gasteiger partial charge in [0.05, 0.1) is 39.6 Å². The number of pyridine rings is 1. The zero-order valence-electron chi connectivity index (χ0n) is 13.2. The minimum atomic E-state index is -1.25. The summed E-state index contributed by atoms with van der Waals surface area (Å²) >= 11 is 0. The third-order valence-corrected chi connectivity index (χ3v) is 3.23. The van der Waals surface area contributed by atoms with Crippen LogP contribution in [0, 0.1) is 0 Å². The first kappa shape index (κ1) is 20.9. The van der Waals surface area contributed by atoms with Gasteiger partial charge in [-0.25, -0.2) is 0 Å². The lowest BCUT2D eigenvalue weighted by Gasteiger charge is -2.16. The van der Waals surface area contributed by atoms with Gasteiger partial charge in [0.2, 0.25) is 0 Å². The fourth-order valence-corrected chi connectivity index (χ4v) is 1.76. The van der Waals surface area contributed by atoms with Gasteiger partial charge in [0.15, 0.2) is 0 Å². The lowest BCUT2D eigenvalue weighted by Crippen LogP contribution is -2.33. The SMILES string of the molecule is OCC(O)C(O)COCc1cncc(COCC(O)C(O)CO)c1. The van der Waals surface area contributed by atoms with Crippen molar-refractivity contribution in [2.45, 2.75) is 37.6 Å². The van der Waals surface area contributed by atoms with Crippen LogP contribution in [-0.4, -0.2) is 86.5 Å². The van der Waals surface area contributed by atoms with Crippen molar-refractivity contribution < 1.29 is 40.1 Å². The summed E-state index contributed by atoms with van der Waals surface area (Å²) in [6.45, 7) is -1.04. The maximum atomic E-state index is 9.45. The molecule has 0 saturated carbocycles. The number of hydrogen-bond donors (Lipinski definition) is 6. The Balaban J connectivity index is 2.35. The number of aliphatic hydroxyl groups is 6. The van der Waals surface area contributed by atoms with Gasteiger partial charge in [-0.15, -0.1) is 0 Å². The smallest absolute Gasteiger partial charge is 0.105 e. The number of hydrogen-bond acceptors (Lipinski definition) is 9. The van der Waals surface area contributed by atoms with Crippen LogP contribution in [0.4, 0.5) is 0 Å². The number of aromatic nitrogens is 1. The average Bonchev–Trinajstić information content (AvgIpc) is 2.60. The first-order valence-corrected chi connectivity index (χ1v) is 7.50. The van der Waals surface area contributed by atoms with Crippen molar-refractivity contribution in [1.29, 1.82) is 0 Å². The summed E-state index contributed by atoms with van der Waals surface area (Å²) in [6.07, 6.45) is -1.69. The fraction of sp³-hybridized carbons (Fsp3) is 0.667. The Morgan fingerprint density at radius 3 is 1.54 bits per heavy atom. The standard InChI is InChI=1S/C15H25NO8/c17-4-12(19)14(21)8-23-6-10-1-11(3-16-2-10)7-24-9-15(22)13(20)5-18/h1-3,12-15,17-22H,4-9H2. The van der Waals surface area contributed by atoms with Crippen LogP contribution < -0.4 is 0 Å². The molecule has 0 aliphatic heterocycles. The Morgan fingerprint density at radius 1 is 0.750 bits per heavy atom. The van der Waals surface area contributed by atoms with Crippen molar-refractivity contribution in [3.05, 3.63) is 29.6 Å². The van der Waals surface area contributed by atoms with Crippen LogP contribution >= 0.6 is 0 Å². The monoisotopic (exact) mass is 347 g/mol. The number of nitrogens with zero attached hydrogens (tertiary/aromatic N) is 1. The highest BCUT2D eigenvalue weighted by atomic mass is 16.5. The molecule has 1 aromatic rings. The Bertz CT molecular complexity index is 424. The van der Waals surface area contributed by atoms with E-state index >= 15 is 0 Å². The van der Waals surface area contributed by atoms with Gasteiger partial charge in [-0.3, -0.25) is 4.98 Å². The van der Waals surface area contributed by atoms with Gasteiger partial charge in [-0.1, -0.05) is 0 Å². The van der Waals surface area contributed by atoms with E-state index in [0.29, 0.717) is 0 Å². The molecule has 9 heteroatoms. The molecule has 4 unspecified atom stereocenters. The van der Waals surface area contributed by atoms with E-state index in [0.717, 1.165) is 11.1 Å². The quantitative estimate of drug-likeness (QED) is 0.242. The molecule has 0 bridgehead atoms. The average molecular weight is 347 g/mol. The van der Waals surface area contributed by atoms with Gasteiger partial charge < -0.3 is 40.1 Å². The van der Waals surface area contributed by atoms with Crippen LogP contribution in [0.25, 0.3) is 0 Å². The van der Waals surface area contributed by atoms with E-state index < -0.39 is 37.6 Å². The fourth-order valence-electron chi connectivity index (χ4n) is 1.76. The molecule has 0 aliphatic carbocycles. The highest BCUT2D eigenvalue weighted by Gasteiger charge is 2.16. The molecular weight excluding hydrogens is 322 g/mol. The molecular formula is C15H25NO8. The van der Waals surface area contributed by atoms with Crippen LogP contribution in [0.2, 0.25) is 0 Å². The summed E-state index contributed by atoms with van der Waals surface area (Å²) in [7, 11) is 0. The predicted octanol–water partition coefficient (Wildman–Crippen LogP) is -2.46. The van der Waals surface area contributed by atoms with Crippen molar-refractivity contribution >= 4 is 0 Å². The molecule has 1 rings (SSSR count). The van der Waals surface area contributed by atoms with Crippen molar-refractivity contribution in [3.63, 3.8) is 0 Å². The maximum Gasteiger partial charge on any atom is 0.105 e. The van der Waals surface area contributed by atoms with Crippen molar-refractivity contribution in [1.82, 2.24) is 4.98 Å². The molecule has 4 atom stereocenters. The Morgan fingerprint density at radius 2 is 1.17 bits per heavy atom. The van der Waals surface area contributed by atoms with Gasteiger partial charge >= 0.3 is 0 Å². The molecule has 6 N–H and O–H groups in total. The molecule has 24 heavy (non-hydrogen) atoms. The zero-order valence-corrected chi connectivity index (χ0v) is 13.2. The molecule has 1 aromatic heterocycles. The predicted molar refractivity (Wildman–Crippen MR) is 81.7 cm³/mol. The minimum absolute atomic E-state index is 0.131. The highest BCUT2D eigenvalue weighted by Crippen LogP contribution is 2.07. The van der Waals surface area contributed by atoms with Gasteiger partial charge in [0.25, 0.3) is 0 Å². The molecule has 0 saturated heterocycles. The zero-order chi connectivity index (χ0) is 17.9. The molecule has 0 radical (unpaired) electrons. The molecule has 0 spiro atoms. The maximum absolute atomic E-state index is 9.45. The van der Waals surface area contributed by atoms with Crippen LogP contribution in [0.5, 0.6) is 0 Å². The summed E-state index contributed by atoms with van der Waals surface area (Å²) in [5.41, 5.74) is 1.44. The summed E-state index contributed by atoms with van der Waals surface area (Å²) in [6, 6.07) is 1.76. The molecule has 0 aromatic carbocycles. The summed E-state index contributed by atoms with van der Waals surface area (Å²) < 4.78 is 10.5. The molecule has 0 aliphatic rings. The van der Waals surface area contributed by atoms with Crippen molar-refractivity contribution in [2.24, 2.45) is 0 Å². The van der Waals surface area contributed by atoms with Crippen molar-refractivity contribution in [2.75, 3.05) is 26.4 Å². The lowest BCUT2D eigenvalue weighted by atomic mass is 10.2. The third kappa shape index (κ3) is 7.60. The minimum Gasteiger partial charge on any atom is -0.394 e. The summed E-state index contributed by atoms with van der Waals surface area (Å²) in [5, 5.41) is 54.7. The molecule has 138 valence electrons. The number of aliphatic hydroxyl groups excluding tert-OH is 6. The molecule has 1 heterocycles. The number of ether oxygens (including phenoxy) is 2. The second-order valence-electron chi connectivity index (χ2n) is 5.37. The van der Waals surface area contributed by atoms with E-state index in [1.807, 2.05) is 0 Å². The normalized spacial score (nSPS) is 16.6. The van der Waals surface area contributed by atoms with Gasteiger partial charge in [-0.2, -0.15) is 0 Å². The van der Waals surface area contributed by atoms with E-state index in [1.54, 1.807) is 18.5 Å². The lowest BCUT2D eigenvalue weighted by molar-refractivity contribution is -0.0608. The summed E-state index contributed by atoms with van der Waals surface area (Å²) in [4.78, 5) is 4.02. The Labute approximate surface area is 139 Å². The first-order valence-electron chi connectivity index (χ1n) is 7.50. The number of rotatable bonds is 12. The van der Waals surface area contributed by atoms with E-state index in [4.69, 9.17) is 19.7 Å². The van der Waals surface area contributed by atoms with E-state index in [9.17, 15) is 20.4 Å². The Kier molecular flexibility index (Phi) is 9.91. The third-order valence-electron chi connectivity index (χ3n) is 3.23. The molecule has 0 amide bonds. The van der Waals surface area contributed by atoms with Crippen LogP contribution in [0.3, 0.4) is 0 Å². The van der Waals surface area contributed by atoms with Crippen LogP contribution in [0.15, 0.2) is 18.5 Å². The molecule has 0 fully saturated rings. The van der Waals surface area contributed by atoms with Gasteiger partial charge in [0, 0.05) is 12.4 Å². The molecule has 9 nitrogen and oxygen atoms in total. The topological polar surface area (TPSA) is 153 Å². The highest BCUT2D eigenvalue weighted by molar-refractivity contribution is 5.16.